The van der Waals surface area contributed by atoms with E-state index in [1.54, 1.807) is 10.8 Å². The zero-order valence-corrected chi connectivity index (χ0v) is 17.9. The minimum Gasteiger partial charge on any atom is -0.454 e. The van der Waals surface area contributed by atoms with Crippen molar-refractivity contribution in [2.24, 2.45) is 5.92 Å². The lowest BCUT2D eigenvalue weighted by Gasteiger charge is -2.32. The summed E-state index contributed by atoms with van der Waals surface area (Å²) in [6.07, 6.45) is 3.26. The van der Waals surface area contributed by atoms with Crippen molar-refractivity contribution in [2.75, 3.05) is 24.8 Å². The van der Waals surface area contributed by atoms with E-state index in [4.69, 9.17) is 9.47 Å². The number of ether oxygens (including phenoxy) is 2. The maximum absolute atomic E-state index is 13.1. The van der Waals surface area contributed by atoms with E-state index in [0.29, 0.717) is 48.9 Å². The van der Waals surface area contributed by atoms with Gasteiger partial charge in [-0.2, -0.15) is 0 Å². The molecule has 32 heavy (non-hydrogen) atoms. The van der Waals surface area contributed by atoms with Gasteiger partial charge in [-0.15, -0.1) is 0 Å². The van der Waals surface area contributed by atoms with E-state index in [-0.39, 0.29) is 24.2 Å². The van der Waals surface area contributed by atoms with Crippen LogP contribution in [0.15, 0.2) is 41.3 Å². The third kappa shape index (κ3) is 3.74. The quantitative estimate of drug-likeness (QED) is 0.655. The zero-order valence-electron chi connectivity index (χ0n) is 17.9. The molecule has 2 aliphatic rings. The van der Waals surface area contributed by atoms with Gasteiger partial charge in [0.15, 0.2) is 23.0 Å². The van der Waals surface area contributed by atoms with Crippen molar-refractivity contribution in [3.8, 4) is 11.5 Å². The Labute approximate surface area is 185 Å². The van der Waals surface area contributed by atoms with Gasteiger partial charge < -0.3 is 19.7 Å². The average Bonchev–Trinajstić information content (AvgIpc) is 3.30. The predicted molar refractivity (Wildman–Crippen MR) is 119 cm³/mol. The predicted octanol–water partition coefficient (Wildman–Crippen LogP) is 2.07. The van der Waals surface area contributed by atoms with Crippen LogP contribution in [0.25, 0.3) is 11.2 Å². The Kier molecular flexibility index (Phi) is 5.38. The van der Waals surface area contributed by atoms with E-state index >= 15 is 0 Å². The Morgan fingerprint density at radius 2 is 2.12 bits per heavy atom. The summed E-state index contributed by atoms with van der Waals surface area (Å²) in [6, 6.07) is 9.32. The monoisotopic (exact) mass is 435 g/mol. The molecule has 9 heteroatoms. The Morgan fingerprint density at radius 3 is 3.00 bits per heavy atom. The molecule has 9 nitrogen and oxygen atoms in total. The molecular weight excluding hydrogens is 410 g/mol. The summed E-state index contributed by atoms with van der Waals surface area (Å²) in [5.74, 6) is 1.58. The first-order chi connectivity index (χ1) is 15.6. The fraction of sp³-hybridized carbons (Fsp3) is 0.391. The number of anilines is 1. The van der Waals surface area contributed by atoms with Crippen LogP contribution < -0.4 is 25.2 Å². The number of rotatable bonds is 5. The van der Waals surface area contributed by atoms with Crippen molar-refractivity contribution >= 4 is 22.9 Å². The number of benzene rings is 1. The first-order valence-electron chi connectivity index (χ1n) is 10.9. The van der Waals surface area contributed by atoms with Crippen LogP contribution in [-0.4, -0.2) is 40.3 Å². The number of aromatic nitrogens is 3. The van der Waals surface area contributed by atoms with Gasteiger partial charge in [0, 0.05) is 32.4 Å². The first-order valence-corrected chi connectivity index (χ1v) is 10.9. The maximum atomic E-state index is 13.1. The largest absolute Gasteiger partial charge is 0.454 e. The number of hydrogen-bond donors (Lipinski definition) is 1. The number of nitrogens with one attached hydrogen (secondary N) is 1. The Hall–Kier alpha value is -3.62. The van der Waals surface area contributed by atoms with Crippen LogP contribution in [0.2, 0.25) is 0 Å². The number of carbonyl (C=O) groups is 1. The Bertz CT molecular complexity index is 1220. The molecule has 1 amide bonds. The molecule has 1 atom stereocenters. The molecule has 0 unspecified atom stereocenters. The van der Waals surface area contributed by atoms with E-state index in [1.165, 1.54) is 0 Å². The summed E-state index contributed by atoms with van der Waals surface area (Å²) in [7, 11) is 0. The van der Waals surface area contributed by atoms with Crippen molar-refractivity contribution in [1.82, 2.24) is 19.9 Å². The van der Waals surface area contributed by atoms with Gasteiger partial charge in [-0.05, 0) is 49.6 Å². The van der Waals surface area contributed by atoms with Crippen molar-refractivity contribution in [3.63, 3.8) is 0 Å². The standard InChI is InChI=1S/C23H25N5O4/c1-2-28-20-17(6-3-9-24-20)26-21(23(28)30)27-10-4-5-16(13-27)22(29)25-12-15-7-8-18-19(11-15)32-14-31-18/h3,6-9,11,16H,2,4-5,10,12-14H2,1H3,(H,25,29)/t16-/m1/s1. The van der Waals surface area contributed by atoms with Gasteiger partial charge in [0.05, 0.1) is 5.92 Å². The van der Waals surface area contributed by atoms with Crippen LogP contribution in [-0.2, 0) is 17.9 Å². The lowest BCUT2D eigenvalue weighted by atomic mass is 9.97. The third-order valence-electron chi connectivity index (χ3n) is 6.00. The summed E-state index contributed by atoms with van der Waals surface area (Å²) >= 11 is 0. The number of hydrogen-bond acceptors (Lipinski definition) is 7. The van der Waals surface area contributed by atoms with E-state index < -0.39 is 0 Å². The molecule has 0 aliphatic carbocycles. The van der Waals surface area contributed by atoms with Gasteiger partial charge in [0.2, 0.25) is 12.7 Å². The molecule has 5 rings (SSSR count). The molecule has 4 heterocycles. The number of pyridine rings is 1. The number of aryl methyl sites for hydroxylation is 1. The highest BCUT2D eigenvalue weighted by Gasteiger charge is 2.28. The normalized spacial score (nSPS) is 17.5. The number of carbonyl (C=O) groups excluding carboxylic acids is 1. The summed E-state index contributed by atoms with van der Waals surface area (Å²) in [6.45, 7) is 4.22. The molecule has 0 spiro atoms. The van der Waals surface area contributed by atoms with E-state index in [0.717, 1.165) is 24.2 Å². The van der Waals surface area contributed by atoms with E-state index in [2.05, 4.69) is 15.3 Å². The lowest BCUT2D eigenvalue weighted by molar-refractivity contribution is -0.125. The SMILES string of the molecule is CCn1c(=O)c(N2CCC[C@@H](C(=O)NCc3ccc4c(c3)OCO4)C2)nc2cccnc21. The molecule has 2 aliphatic heterocycles. The second kappa shape index (κ2) is 8.49. The van der Waals surface area contributed by atoms with Crippen molar-refractivity contribution in [1.29, 1.82) is 0 Å². The highest BCUT2D eigenvalue weighted by Crippen LogP contribution is 2.32. The van der Waals surface area contributed by atoms with Crippen molar-refractivity contribution < 1.29 is 14.3 Å². The minimum absolute atomic E-state index is 0.0226. The third-order valence-corrected chi connectivity index (χ3v) is 6.00. The summed E-state index contributed by atoms with van der Waals surface area (Å²) in [5.41, 5.74) is 2.04. The van der Waals surface area contributed by atoms with Gasteiger partial charge >= 0.3 is 0 Å². The maximum Gasteiger partial charge on any atom is 0.295 e. The Morgan fingerprint density at radius 1 is 1.25 bits per heavy atom. The van der Waals surface area contributed by atoms with Crippen molar-refractivity contribution in [2.45, 2.75) is 32.9 Å². The summed E-state index contributed by atoms with van der Waals surface area (Å²) < 4.78 is 12.4. The van der Waals surface area contributed by atoms with Crippen molar-refractivity contribution in [3.05, 3.63) is 52.4 Å². The van der Waals surface area contributed by atoms with Gasteiger partial charge in [0.25, 0.3) is 5.56 Å². The van der Waals surface area contributed by atoms with Crippen LogP contribution in [0.4, 0.5) is 5.82 Å². The lowest BCUT2D eigenvalue weighted by Crippen LogP contribution is -2.45. The molecule has 0 saturated carbocycles. The van der Waals surface area contributed by atoms with Gasteiger partial charge in [-0.25, -0.2) is 9.97 Å². The van der Waals surface area contributed by atoms with Gasteiger partial charge in [-0.3, -0.25) is 14.2 Å². The fourth-order valence-electron chi connectivity index (χ4n) is 4.33. The van der Waals surface area contributed by atoms with Crippen LogP contribution in [0.3, 0.4) is 0 Å². The van der Waals surface area contributed by atoms with Crippen LogP contribution in [0.1, 0.15) is 25.3 Å². The van der Waals surface area contributed by atoms with Gasteiger partial charge in [0.1, 0.15) is 5.52 Å². The molecule has 0 bridgehead atoms. The topological polar surface area (TPSA) is 98.6 Å². The molecule has 1 aromatic carbocycles. The highest BCUT2D eigenvalue weighted by molar-refractivity contribution is 5.79. The van der Waals surface area contributed by atoms with Crippen LogP contribution >= 0.6 is 0 Å². The van der Waals surface area contributed by atoms with E-state index in [1.807, 2.05) is 42.2 Å². The summed E-state index contributed by atoms with van der Waals surface area (Å²) in [4.78, 5) is 36.8. The highest BCUT2D eigenvalue weighted by atomic mass is 16.7. The fourth-order valence-corrected chi connectivity index (χ4v) is 4.33. The smallest absolute Gasteiger partial charge is 0.295 e. The molecule has 166 valence electrons. The molecule has 0 radical (unpaired) electrons. The molecule has 1 saturated heterocycles. The molecule has 2 aromatic heterocycles. The van der Waals surface area contributed by atoms with Crippen LogP contribution in [0, 0.1) is 5.92 Å². The zero-order chi connectivity index (χ0) is 22.1. The number of piperidine rings is 1. The molecule has 3 aromatic rings. The first kappa shape index (κ1) is 20.3. The van der Waals surface area contributed by atoms with Gasteiger partial charge in [-0.1, -0.05) is 6.07 Å². The second-order valence-corrected chi connectivity index (χ2v) is 8.02. The molecule has 1 N–H and O–H groups in total. The Balaban J connectivity index is 1.30. The van der Waals surface area contributed by atoms with Crippen LogP contribution in [0.5, 0.6) is 11.5 Å². The molecular formula is C23H25N5O4. The average molecular weight is 435 g/mol. The number of fused-ring (bicyclic) bond motifs is 2. The number of amides is 1. The second-order valence-electron chi connectivity index (χ2n) is 8.02. The molecule has 1 fully saturated rings. The minimum atomic E-state index is -0.210. The number of nitrogens with zero attached hydrogens (tertiary/aromatic N) is 4. The summed E-state index contributed by atoms with van der Waals surface area (Å²) in [5, 5.41) is 3.02. The van der Waals surface area contributed by atoms with E-state index in [9.17, 15) is 9.59 Å².